The average Bonchev–Trinajstić information content (AvgIpc) is 3.03. The number of nitrogens with one attached hydrogen (secondary N) is 1. The highest BCUT2D eigenvalue weighted by Crippen LogP contribution is 2.37. The van der Waals surface area contributed by atoms with E-state index < -0.39 is 11.7 Å². The fraction of sp³-hybridized carbons (Fsp3) is 0.389. The van der Waals surface area contributed by atoms with E-state index in [0.717, 1.165) is 12.1 Å². The average molecular weight is 380 g/mol. The Morgan fingerprint density at radius 1 is 1.26 bits per heavy atom. The van der Waals surface area contributed by atoms with Gasteiger partial charge in [-0.25, -0.2) is 14.8 Å². The normalized spacial score (nSPS) is 19.8. The number of carbonyl (C=O) groups excluding carboxylic acids is 1. The molecule has 0 bridgehead atoms. The van der Waals surface area contributed by atoms with E-state index in [1.54, 1.807) is 4.90 Å². The van der Waals surface area contributed by atoms with Crippen molar-refractivity contribution in [2.75, 3.05) is 19.0 Å². The van der Waals surface area contributed by atoms with E-state index in [-0.39, 0.29) is 23.8 Å². The van der Waals surface area contributed by atoms with Crippen LogP contribution in [-0.2, 0) is 6.18 Å². The molecule has 0 spiro atoms. The molecule has 9 heteroatoms. The van der Waals surface area contributed by atoms with E-state index in [9.17, 15) is 18.0 Å². The fourth-order valence-electron chi connectivity index (χ4n) is 3.18. The van der Waals surface area contributed by atoms with Gasteiger partial charge in [0.05, 0.1) is 18.7 Å². The van der Waals surface area contributed by atoms with E-state index in [1.165, 1.54) is 31.6 Å². The number of rotatable bonds is 3. The van der Waals surface area contributed by atoms with Crippen molar-refractivity contribution >= 4 is 11.8 Å². The molecule has 3 rings (SSSR count). The van der Waals surface area contributed by atoms with Crippen LogP contribution < -0.4 is 10.1 Å². The minimum Gasteiger partial charge on any atom is -0.481 e. The number of nitrogens with zero attached hydrogens (tertiary/aromatic N) is 3. The quantitative estimate of drug-likeness (QED) is 0.870. The topological polar surface area (TPSA) is 67.3 Å². The monoisotopic (exact) mass is 380 g/mol. The van der Waals surface area contributed by atoms with E-state index in [1.807, 2.05) is 6.92 Å². The van der Waals surface area contributed by atoms with E-state index in [4.69, 9.17) is 4.74 Å². The van der Waals surface area contributed by atoms with Crippen LogP contribution in [0.25, 0.3) is 0 Å². The van der Waals surface area contributed by atoms with Crippen molar-refractivity contribution in [2.45, 2.75) is 25.6 Å². The molecule has 6 nitrogen and oxygen atoms in total. The molecule has 1 fully saturated rings. The van der Waals surface area contributed by atoms with Crippen molar-refractivity contribution in [1.29, 1.82) is 0 Å². The number of benzene rings is 1. The maximum atomic E-state index is 12.8. The first-order valence-corrected chi connectivity index (χ1v) is 8.38. The van der Waals surface area contributed by atoms with Crippen LogP contribution in [0.1, 0.15) is 30.5 Å². The molecule has 27 heavy (non-hydrogen) atoms. The van der Waals surface area contributed by atoms with E-state index in [0.29, 0.717) is 24.4 Å². The number of likely N-dealkylation sites (tertiary alicyclic amines) is 1. The number of ether oxygens (including phenoxy) is 1. The molecule has 144 valence electrons. The molecule has 1 aliphatic heterocycles. The van der Waals surface area contributed by atoms with E-state index >= 15 is 0 Å². The summed E-state index contributed by atoms with van der Waals surface area (Å²) >= 11 is 0. The molecule has 1 saturated heterocycles. The van der Waals surface area contributed by atoms with Gasteiger partial charge in [0, 0.05) is 12.6 Å². The van der Waals surface area contributed by atoms with Crippen LogP contribution >= 0.6 is 0 Å². The maximum Gasteiger partial charge on any atom is 0.416 e. The van der Waals surface area contributed by atoms with Gasteiger partial charge in [-0.15, -0.1) is 0 Å². The predicted molar refractivity (Wildman–Crippen MR) is 92.3 cm³/mol. The molecule has 1 aromatic heterocycles. The summed E-state index contributed by atoms with van der Waals surface area (Å²) in [4.78, 5) is 22.2. The molecular formula is C18H19F3N4O2. The Morgan fingerprint density at radius 2 is 1.96 bits per heavy atom. The standard InChI is InChI=1S/C18H19F3N4O2/c1-11-7-14(12-3-5-13(6-4-12)18(19,20)21)25(9-11)17(26)24-15-8-16(27-2)23-10-22-15/h3-6,8,10-11,14H,7,9H2,1-2H3,(H,22,23,24,26). The SMILES string of the molecule is COc1cc(NC(=O)N2CC(C)CC2c2ccc(C(F)(F)F)cc2)ncn1. The zero-order chi connectivity index (χ0) is 19.6. The van der Waals surface area contributed by atoms with Crippen LogP contribution in [0.3, 0.4) is 0 Å². The van der Waals surface area contributed by atoms with Crippen molar-refractivity contribution < 1.29 is 22.7 Å². The van der Waals surface area contributed by atoms with Crippen molar-refractivity contribution in [3.05, 3.63) is 47.8 Å². The molecule has 2 atom stereocenters. The summed E-state index contributed by atoms with van der Waals surface area (Å²) in [6.07, 6.45) is -2.44. The number of hydrogen-bond acceptors (Lipinski definition) is 4. The van der Waals surface area contributed by atoms with Crippen LogP contribution in [0.2, 0.25) is 0 Å². The van der Waals surface area contributed by atoms with Gasteiger partial charge >= 0.3 is 12.2 Å². The second-order valence-corrected chi connectivity index (χ2v) is 6.50. The van der Waals surface area contributed by atoms with Gasteiger partial charge in [0.2, 0.25) is 5.88 Å². The molecular weight excluding hydrogens is 361 g/mol. The van der Waals surface area contributed by atoms with Crippen LogP contribution in [0.4, 0.5) is 23.8 Å². The number of halogens is 3. The molecule has 2 heterocycles. The van der Waals surface area contributed by atoms with Crippen molar-refractivity contribution in [3.8, 4) is 5.88 Å². The Kier molecular flexibility index (Phi) is 5.20. The summed E-state index contributed by atoms with van der Waals surface area (Å²) < 4.78 is 43.3. The second kappa shape index (κ2) is 7.42. The second-order valence-electron chi connectivity index (χ2n) is 6.50. The first-order valence-electron chi connectivity index (χ1n) is 8.38. The van der Waals surface area contributed by atoms with Crippen molar-refractivity contribution in [3.63, 3.8) is 0 Å². The van der Waals surface area contributed by atoms with Gasteiger partial charge in [-0.2, -0.15) is 13.2 Å². The summed E-state index contributed by atoms with van der Waals surface area (Å²) in [5.74, 6) is 0.829. The third-order valence-electron chi connectivity index (χ3n) is 4.48. The summed E-state index contributed by atoms with van der Waals surface area (Å²) in [6.45, 7) is 2.50. The number of hydrogen-bond donors (Lipinski definition) is 1. The zero-order valence-corrected chi connectivity index (χ0v) is 14.8. The minimum absolute atomic E-state index is 0.225. The summed E-state index contributed by atoms with van der Waals surface area (Å²) in [7, 11) is 1.46. The Balaban J connectivity index is 1.78. The van der Waals surface area contributed by atoms with Crippen molar-refractivity contribution in [1.82, 2.24) is 14.9 Å². The molecule has 0 aliphatic carbocycles. The number of amides is 2. The number of alkyl halides is 3. The zero-order valence-electron chi connectivity index (χ0n) is 14.8. The summed E-state index contributed by atoms with van der Waals surface area (Å²) in [5, 5.41) is 2.69. The predicted octanol–water partition coefficient (Wildman–Crippen LogP) is 4.12. The molecule has 2 amide bonds. The minimum atomic E-state index is -4.38. The van der Waals surface area contributed by atoms with Gasteiger partial charge in [0.15, 0.2) is 0 Å². The van der Waals surface area contributed by atoms with Gasteiger partial charge < -0.3 is 9.64 Å². The first-order chi connectivity index (χ1) is 12.8. The van der Waals surface area contributed by atoms with E-state index in [2.05, 4.69) is 15.3 Å². The molecule has 1 aliphatic rings. The molecule has 1 N–H and O–H groups in total. The lowest BCUT2D eigenvalue weighted by Gasteiger charge is -2.25. The number of methoxy groups -OCH3 is 1. The molecule has 1 aromatic carbocycles. The van der Waals surface area contributed by atoms with Gasteiger partial charge in [0.25, 0.3) is 0 Å². The highest BCUT2D eigenvalue weighted by molar-refractivity contribution is 5.89. The molecule has 0 radical (unpaired) electrons. The third kappa shape index (κ3) is 4.29. The Bertz CT molecular complexity index is 811. The van der Waals surface area contributed by atoms with Crippen LogP contribution in [0.5, 0.6) is 5.88 Å². The van der Waals surface area contributed by atoms with Crippen LogP contribution in [-0.4, -0.2) is 34.6 Å². The number of aromatic nitrogens is 2. The number of urea groups is 1. The Labute approximate surface area is 154 Å². The lowest BCUT2D eigenvalue weighted by atomic mass is 10.00. The lowest BCUT2D eigenvalue weighted by molar-refractivity contribution is -0.137. The Hall–Kier alpha value is -2.84. The highest BCUT2D eigenvalue weighted by atomic mass is 19.4. The third-order valence-corrected chi connectivity index (χ3v) is 4.48. The van der Waals surface area contributed by atoms with Gasteiger partial charge in [0.1, 0.15) is 12.1 Å². The van der Waals surface area contributed by atoms with Gasteiger partial charge in [-0.05, 0) is 30.0 Å². The number of anilines is 1. The molecule has 2 unspecified atom stereocenters. The number of carbonyl (C=O) groups is 1. The smallest absolute Gasteiger partial charge is 0.416 e. The highest BCUT2D eigenvalue weighted by Gasteiger charge is 2.35. The van der Waals surface area contributed by atoms with Crippen molar-refractivity contribution in [2.24, 2.45) is 5.92 Å². The summed E-state index contributed by atoms with van der Waals surface area (Å²) in [6, 6.07) is 5.77. The largest absolute Gasteiger partial charge is 0.481 e. The molecule has 0 saturated carbocycles. The summed E-state index contributed by atoms with van der Waals surface area (Å²) in [5.41, 5.74) is -0.0378. The maximum absolute atomic E-state index is 12.8. The first kappa shape index (κ1) is 18.9. The fourth-order valence-corrected chi connectivity index (χ4v) is 3.18. The molecule has 2 aromatic rings. The van der Waals surface area contributed by atoms with Gasteiger partial charge in [-0.3, -0.25) is 5.32 Å². The van der Waals surface area contributed by atoms with Crippen LogP contribution in [0.15, 0.2) is 36.7 Å². The Morgan fingerprint density at radius 3 is 2.59 bits per heavy atom. The lowest BCUT2D eigenvalue weighted by Crippen LogP contribution is -2.35. The van der Waals surface area contributed by atoms with Crippen LogP contribution in [0, 0.1) is 5.92 Å². The van der Waals surface area contributed by atoms with Gasteiger partial charge in [-0.1, -0.05) is 19.1 Å².